The van der Waals surface area contributed by atoms with Gasteiger partial charge in [0.15, 0.2) is 5.82 Å². The standard InChI is InChI=1S/C25H30N7O3/c1-2-3-10-21-30-22-23(19-8-4-5-9-20(19)29-24(22)26)31(21)16-7-6-15-27-25(33)28-17-11-13-18(14-12-17)32(34)35/h4-5,8-9,11-14,34H,2-3,6-7,10,15-16H2,1H3,(H2,26,29)(H2,27,28,33)/q-1. The highest BCUT2D eigenvalue weighted by molar-refractivity contribution is 6.06. The topological polar surface area (TPSA) is 144 Å². The Morgan fingerprint density at radius 1 is 1.11 bits per heavy atom. The summed E-state index contributed by atoms with van der Waals surface area (Å²) in [5, 5.41) is 26.1. The fraction of sp³-hybridized carbons (Fsp3) is 0.320. The number of aromatic nitrogens is 3. The van der Waals surface area contributed by atoms with Crippen LogP contribution < -0.4 is 21.6 Å². The number of hydrogen-bond donors (Lipinski definition) is 4. The van der Waals surface area contributed by atoms with Crippen LogP contribution in [-0.2, 0) is 13.0 Å². The number of rotatable bonds is 10. The molecule has 0 aliphatic carbocycles. The number of anilines is 3. The van der Waals surface area contributed by atoms with Gasteiger partial charge in [0.25, 0.3) is 0 Å². The average molecular weight is 477 g/mol. The van der Waals surface area contributed by atoms with Crippen molar-refractivity contribution in [3.63, 3.8) is 0 Å². The molecule has 0 saturated carbocycles. The zero-order valence-electron chi connectivity index (χ0n) is 19.7. The number of para-hydroxylation sites is 1. The first kappa shape index (κ1) is 24.2. The van der Waals surface area contributed by atoms with Crippen LogP contribution in [0.15, 0.2) is 48.5 Å². The second-order valence-electron chi connectivity index (χ2n) is 8.40. The van der Waals surface area contributed by atoms with E-state index >= 15 is 0 Å². The highest BCUT2D eigenvalue weighted by atomic mass is 16.8. The third kappa shape index (κ3) is 5.61. The highest BCUT2D eigenvalue weighted by Gasteiger charge is 2.16. The summed E-state index contributed by atoms with van der Waals surface area (Å²) in [6, 6.07) is 13.6. The molecule has 0 aliphatic rings. The van der Waals surface area contributed by atoms with Gasteiger partial charge in [-0.1, -0.05) is 31.5 Å². The van der Waals surface area contributed by atoms with Gasteiger partial charge >= 0.3 is 6.03 Å². The Hall–Kier alpha value is -3.89. The molecule has 0 aliphatic heterocycles. The fourth-order valence-electron chi connectivity index (χ4n) is 4.12. The first-order chi connectivity index (χ1) is 17.0. The van der Waals surface area contributed by atoms with Crippen molar-refractivity contribution in [2.75, 3.05) is 22.8 Å². The van der Waals surface area contributed by atoms with Crippen LogP contribution in [0.5, 0.6) is 0 Å². The number of pyridine rings is 1. The van der Waals surface area contributed by atoms with Crippen LogP contribution in [0, 0.1) is 5.21 Å². The van der Waals surface area contributed by atoms with E-state index in [0.717, 1.165) is 66.4 Å². The van der Waals surface area contributed by atoms with Gasteiger partial charge in [0.1, 0.15) is 11.3 Å². The molecular weight excluding hydrogens is 446 g/mol. The first-order valence-electron chi connectivity index (χ1n) is 11.8. The average Bonchev–Trinajstić information content (AvgIpc) is 3.22. The normalized spacial score (nSPS) is 11.2. The molecular formula is C25H30N7O3-. The number of carbonyl (C=O) groups excluding carboxylic acids is 1. The van der Waals surface area contributed by atoms with Crippen LogP contribution in [0.25, 0.3) is 21.9 Å². The minimum absolute atomic E-state index is 0.0894. The van der Waals surface area contributed by atoms with Gasteiger partial charge in [-0.2, -0.15) is 0 Å². The van der Waals surface area contributed by atoms with E-state index in [0.29, 0.717) is 18.1 Å². The van der Waals surface area contributed by atoms with Crippen molar-refractivity contribution < 1.29 is 10.0 Å². The summed E-state index contributed by atoms with van der Waals surface area (Å²) in [4.78, 5) is 21.6. The Bertz CT molecular complexity index is 1300. The largest absolute Gasteiger partial charge is 0.733 e. The van der Waals surface area contributed by atoms with Crippen molar-refractivity contribution >= 4 is 45.2 Å². The summed E-state index contributed by atoms with van der Waals surface area (Å²) in [5.41, 5.74) is 9.50. The number of nitrogens with zero attached hydrogens (tertiary/aromatic N) is 4. The minimum atomic E-state index is -0.331. The van der Waals surface area contributed by atoms with Gasteiger partial charge in [-0.25, -0.2) is 14.8 Å². The second kappa shape index (κ2) is 11.0. The van der Waals surface area contributed by atoms with Crippen LogP contribution in [0.2, 0.25) is 0 Å². The molecule has 4 aromatic rings. The molecule has 0 radical (unpaired) electrons. The predicted molar refractivity (Wildman–Crippen MR) is 138 cm³/mol. The number of unbranched alkanes of at least 4 members (excludes halogenated alkanes) is 2. The molecule has 0 bridgehead atoms. The molecule has 2 heterocycles. The van der Waals surface area contributed by atoms with Crippen molar-refractivity contribution in [2.24, 2.45) is 0 Å². The molecule has 184 valence electrons. The SMILES string of the molecule is CCCCc1nc2c(N)nc3ccccc3c2n1CCCCNC(=O)Nc1ccc(N([O-])O)cc1. The maximum Gasteiger partial charge on any atom is 0.319 e. The van der Waals surface area contributed by atoms with Crippen molar-refractivity contribution in [3.05, 3.63) is 59.6 Å². The lowest BCUT2D eigenvalue weighted by Gasteiger charge is -2.21. The molecule has 2 aromatic heterocycles. The number of urea groups is 1. The summed E-state index contributed by atoms with van der Waals surface area (Å²) < 4.78 is 2.26. The quantitative estimate of drug-likeness (QED) is 0.190. The summed E-state index contributed by atoms with van der Waals surface area (Å²) in [5.74, 6) is 1.46. The van der Waals surface area contributed by atoms with Crippen molar-refractivity contribution in [1.82, 2.24) is 19.9 Å². The fourth-order valence-corrected chi connectivity index (χ4v) is 4.12. The monoisotopic (exact) mass is 476 g/mol. The number of nitrogens with two attached hydrogens (primary N) is 1. The first-order valence-corrected chi connectivity index (χ1v) is 11.8. The number of aryl methyl sites for hydroxylation is 2. The maximum absolute atomic E-state index is 12.2. The number of nitrogens with one attached hydrogen (secondary N) is 2. The van der Waals surface area contributed by atoms with Crippen molar-refractivity contribution in [2.45, 2.75) is 45.6 Å². The lowest BCUT2D eigenvalue weighted by Crippen LogP contribution is -2.29. The summed E-state index contributed by atoms with van der Waals surface area (Å²) in [7, 11) is 0. The van der Waals surface area contributed by atoms with Gasteiger partial charge in [-0.05, 0) is 49.6 Å². The van der Waals surface area contributed by atoms with Gasteiger partial charge in [0, 0.05) is 30.6 Å². The smallest absolute Gasteiger partial charge is 0.319 e. The Kier molecular flexibility index (Phi) is 7.64. The number of hydrogen-bond acceptors (Lipinski definition) is 7. The molecule has 2 amide bonds. The van der Waals surface area contributed by atoms with Crippen LogP contribution in [0.1, 0.15) is 38.4 Å². The van der Waals surface area contributed by atoms with Crippen LogP contribution in [-0.4, -0.2) is 32.3 Å². The Morgan fingerprint density at radius 2 is 1.89 bits per heavy atom. The van der Waals surface area contributed by atoms with Gasteiger partial charge in [-0.15, -0.1) is 0 Å². The molecule has 0 saturated heterocycles. The number of nitrogen functional groups attached to an aromatic ring is 1. The molecule has 0 unspecified atom stereocenters. The summed E-state index contributed by atoms with van der Waals surface area (Å²) in [6.07, 6.45) is 4.63. The number of imidazole rings is 1. The lowest BCUT2D eigenvalue weighted by atomic mass is 10.2. The van der Waals surface area contributed by atoms with E-state index in [1.54, 1.807) is 12.1 Å². The van der Waals surface area contributed by atoms with E-state index in [4.69, 9.17) is 15.9 Å². The van der Waals surface area contributed by atoms with Crippen molar-refractivity contribution in [3.8, 4) is 0 Å². The van der Waals surface area contributed by atoms with Gasteiger partial charge in [-0.3, -0.25) is 5.21 Å². The zero-order valence-corrected chi connectivity index (χ0v) is 19.7. The van der Waals surface area contributed by atoms with E-state index in [2.05, 4.69) is 33.2 Å². The molecule has 2 aromatic carbocycles. The number of fused-ring (bicyclic) bond motifs is 3. The molecule has 0 fully saturated rings. The molecule has 0 atom stereocenters. The summed E-state index contributed by atoms with van der Waals surface area (Å²) in [6.45, 7) is 3.44. The van der Waals surface area contributed by atoms with Gasteiger partial charge < -0.3 is 31.4 Å². The van der Waals surface area contributed by atoms with Crippen molar-refractivity contribution in [1.29, 1.82) is 0 Å². The molecule has 10 nitrogen and oxygen atoms in total. The Labute approximate surface area is 203 Å². The highest BCUT2D eigenvalue weighted by Crippen LogP contribution is 2.29. The van der Waals surface area contributed by atoms with Gasteiger partial charge in [0.2, 0.25) is 0 Å². The van der Waals surface area contributed by atoms with E-state index < -0.39 is 0 Å². The van der Waals surface area contributed by atoms with Crippen LogP contribution in [0.3, 0.4) is 0 Å². The van der Waals surface area contributed by atoms with Crippen LogP contribution in [0.4, 0.5) is 22.0 Å². The van der Waals surface area contributed by atoms with E-state index in [9.17, 15) is 10.0 Å². The lowest BCUT2D eigenvalue weighted by molar-refractivity contribution is 0.252. The number of benzene rings is 2. The maximum atomic E-state index is 12.2. The molecule has 0 spiro atoms. The van der Waals surface area contributed by atoms with E-state index in [1.165, 1.54) is 12.1 Å². The number of carbonyl (C=O) groups is 1. The summed E-state index contributed by atoms with van der Waals surface area (Å²) >= 11 is 0. The molecule has 10 heteroatoms. The van der Waals surface area contributed by atoms with E-state index in [1.807, 2.05) is 18.2 Å². The Balaban J connectivity index is 1.39. The zero-order chi connectivity index (χ0) is 24.8. The van der Waals surface area contributed by atoms with Crippen LogP contribution >= 0.6 is 0 Å². The van der Waals surface area contributed by atoms with E-state index in [-0.39, 0.29) is 16.9 Å². The number of amides is 2. The molecule has 4 rings (SSSR count). The molecule has 35 heavy (non-hydrogen) atoms. The second-order valence-corrected chi connectivity index (χ2v) is 8.40. The van der Waals surface area contributed by atoms with Gasteiger partial charge in [0.05, 0.1) is 16.7 Å². The molecule has 5 N–H and O–H groups in total. The Morgan fingerprint density at radius 3 is 2.63 bits per heavy atom. The minimum Gasteiger partial charge on any atom is -0.733 e. The third-order valence-corrected chi connectivity index (χ3v) is 5.88. The predicted octanol–water partition coefficient (Wildman–Crippen LogP) is 4.80. The third-order valence-electron chi connectivity index (χ3n) is 5.88.